The van der Waals surface area contributed by atoms with E-state index in [0.717, 1.165) is 25.7 Å². The number of anilines is 1. The Morgan fingerprint density at radius 2 is 2.10 bits per heavy atom. The van der Waals surface area contributed by atoms with Gasteiger partial charge in [-0.2, -0.15) is 0 Å². The van der Waals surface area contributed by atoms with E-state index < -0.39 is 5.97 Å². The first-order valence-corrected chi connectivity index (χ1v) is 7.51. The van der Waals surface area contributed by atoms with Crippen molar-refractivity contribution in [1.82, 2.24) is 10.3 Å². The van der Waals surface area contributed by atoms with Gasteiger partial charge < -0.3 is 20.7 Å². The van der Waals surface area contributed by atoms with Gasteiger partial charge in [0.05, 0.1) is 5.69 Å². The Labute approximate surface area is 124 Å². The van der Waals surface area contributed by atoms with Gasteiger partial charge in [0.1, 0.15) is 5.69 Å². The number of aromatic amines is 1. The average Bonchev–Trinajstić information content (AvgIpc) is 2.80. The number of aromatic nitrogens is 1. The molecule has 1 fully saturated rings. The van der Waals surface area contributed by atoms with Crippen LogP contribution >= 0.6 is 0 Å². The Morgan fingerprint density at radius 3 is 2.76 bits per heavy atom. The highest BCUT2D eigenvalue weighted by Crippen LogP contribution is 2.27. The number of urea groups is 1. The number of carbonyl (C=O) groups is 2. The Bertz CT molecular complexity index is 524. The fourth-order valence-electron chi connectivity index (χ4n) is 3.07. The molecule has 21 heavy (non-hydrogen) atoms. The van der Waals surface area contributed by atoms with Crippen molar-refractivity contribution in [3.05, 3.63) is 17.5 Å². The van der Waals surface area contributed by atoms with Crippen LogP contribution in [0, 0.1) is 12.8 Å². The van der Waals surface area contributed by atoms with E-state index in [1.54, 1.807) is 13.0 Å². The Morgan fingerprint density at radius 1 is 1.38 bits per heavy atom. The summed E-state index contributed by atoms with van der Waals surface area (Å²) in [5, 5.41) is 14.7. The summed E-state index contributed by atoms with van der Waals surface area (Å²) < 4.78 is 0. The van der Waals surface area contributed by atoms with Crippen molar-refractivity contribution in [2.45, 2.75) is 52.0 Å². The zero-order valence-electron chi connectivity index (χ0n) is 12.5. The number of aryl methyl sites for hydroxylation is 1. The van der Waals surface area contributed by atoms with Crippen molar-refractivity contribution in [3.63, 3.8) is 0 Å². The zero-order valence-corrected chi connectivity index (χ0v) is 12.5. The maximum absolute atomic E-state index is 12.1. The standard InChI is InChI=1S/C15H23N3O3/c1-3-10-6-4-5-7-11(10)17-15(21)18-12-8-9(2)16-13(12)14(19)20/h8,10-11,16H,3-7H2,1-2H3,(H,19,20)(H2,17,18,21). The SMILES string of the molecule is CCC1CCCCC1NC(=O)Nc1cc(C)[nH]c1C(=O)O. The van der Waals surface area contributed by atoms with E-state index in [9.17, 15) is 9.59 Å². The third-order valence-electron chi connectivity index (χ3n) is 4.16. The molecule has 1 aliphatic rings. The molecule has 0 aliphatic heterocycles. The number of aromatic carboxylic acids is 1. The molecule has 2 rings (SSSR count). The number of H-pyrrole nitrogens is 1. The highest BCUT2D eigenvalue weighted by Gasteiger charge is 2.25. The van der Waals surface area contributed by atoms with Crippen LogP contribution in [0.2, 0.25) is 0 Å². The van der Waals surface area contributed by atoms with E-state index in [1.165, 1.54) is 6.42 Å². The van der Waals surface area contributed by atoms with Crippen molar-refractivity contribution in [2.75, 3.05) is 5.32 Å². The minimum Gasteiger partial charge on any atom is -0.477 e. The van der Waals surface area contributed by atoms with Gasteiger partial charge in [0.25, 0.3) is 0 Å². The maximum atomic E-state index is 12.1. The third-order valence-corrected chi connectivity index (χ3v) is 4.16. The second-order valence-corrected chi connectivity index (χ2v) is 5.70. The molecule has 6 heteroatoms. The quantitative estimate of drug-likeness (QED) is 0.687. The molecule has 0 radical (unpaired) electrons. The monoisotopic (exact) mass is 293 g/mol. The van der Waals surface area contributed by atoms with Gasteiger partial charge >= 0.3 is 12.0 Å². The maximum Gasteiger partial charge on any atom is 0.354 e. The first-order chi connectivity index (χ1) is 10.0. The lowest BCUT2D eigenvalue weighted by Gasteiger charge is -2.31. The molecule has 116 valence electrons. The summed E-state index contributed by atoms with van der Waals surface area (Å²) in [6.07, 6.45) is 5.53. The molecule has 1 aromatic heterocycles. The van der Waals surface area contributed by atoms with E-state index >= 15 is 0 Å². The zero-order chi connectivity index (χ0) is 15.4. The van der Waals surface area contributed by atoms with Gasteiger partial charge in [-0.15, -0.1) is 0 Å². The van der Waals surface area contributed by atoms with Crippen LogP contribution in [0.1, 0.15) is 55.2 Å². The summed E-state index contributed by atoms with van der Waals surface area (Å²) in [6.45, 7) is 3.89. The topological polar surface area (TPSA) is 94.2 Å². The highest BCUT2D eigenvalue weighted by atomic mass is 16.4. The summed E-state index contributed by atoms with van der Waals surface area (Å²) in [6, 6.07) is 1.47. The summed E-state index contributed by atoms with van der Waals surface area (Å²) in [7, 11) is 0. The van der Waals surface area contributed by atoms with Crippen molar-refractivity contribution in [3.8, 4) is 0 Å². The molecule has 1 saturated carbocycles. The lowest BCUT2D eigenvalue weighted by molar-refractivity contribution is 0.0692. The molecule has 0 saturated heterocycles. The molecule has 2 atom stereocenters. The van der Waals surface area contributed by atoms with Crippen molar-refractivity contribution < 1.29 is 14.7 Å². The van der Waals surface area contributed by atoms with E-state index in [4.69, 9.17) is 5.11 Å². The van der Waals surface area contributed by atoms with Gasteiger partial charge in [0.2, 0.25) is 0 Å². The van der Waals surface area contributed by atoms with Gasteiger partial charge in [0.15, 0.2) is 0 Å². The summed E-state index contributed by atoms with van der Waals surface area (Å²) >= 11 is 0. The van der Waals surface area contributed by atoms with Crippen LogP contribution < -0.4 is 10.6 Å². The van der Waals surface area contributed by atoms with Crippen LogP contribution in [0.4, 0.5) is 10.5 Å². The van der Waals surface area contributed by atoms with Crippen LogP contribution in [0.3, 0.4) is 0 Å². The predicted molar refractivity (Wildman–Crippen MR) is 80.7 cm³/mol. The summed E-state index contributed by atoms with van der Waals surface area (Å²) in [5.74, 6) is -0.570. The molecule has 0 spiro atoms. The number of carbonyl (C=O) groups excluding carboxylic acids is 1. The van der Waals surface area contributed by atoms with Crippen molar-refractivity contribution in [1.29, 1.82) is 0 Å². The number of hydrogen-bond donors (Lipinski definition) is 4. The fraction of sp³-hybridized carbons (Fsp3) is 0.600. The molecule has 1 aliphatic carbocycles. The molecule has 1 heterocycles. The molecular weight excluding hydrogens is 270 g/mol. The normalized spacial score (nSPS) is 21.8. The number of amides is 2. The van der Waals surface area contributed by atoms with Crippen molar-refractivity contribution in [2.24, 2.45) is 5.92 Å². The molecule has 2 unspecified atom stereocenters. The molecule has 0 bridgehead atoms. The largest absolute Gasteiger partial charge is 0.477 e. The first kappa shape index (κ1) is 15.4. The molecular formula is C15H23N3O3. The minimum atomic E-state index is -1.08. The van der Waals surface area contributed by atoms with E-state index in [2.05, 4.69) is 22.5 Å². The van der Waals surface area contributed by atoms with Gasteiger partial charge in [-0.1, -0.05) is 26.2 Å². The highest BCUT2D eigenvalue weighted by molar-refractivity contribution is 5.99. The van der Waals surface area contributed by atoms with Crippen LogP contribution in [0.25, 0.3) is 0 Å². The van der Waals surface area contributed by atoms with Crippen LogP contribution in [0.5, 0.6) is 0 Å². The number of carboxylic acid groups (broad SMARTS) is 1. The van der Waals surface area contributed by atoms with Crippen LogP contribution in [-0.2, 0) is 0 Å². The molecule has 1 aromatic rings. The first-order valence-electron chi connectivity index (χ1n) is 7.51. The molecule has 0 aromatic carbocycles. The number of rotatable bonds is 4. The smallest absolute Gasteiger partial charge is 0.354 e. The van der Waals surface area contributed by atoms with Crippen molar-refractivity contribution >= 4 is 17.7 Å². The summed E-state index contributed by atoms with van der Waals surface area (Å²) in [5.41, 5.74) is 1.02. The number of hydrogen-bond acceptors (Lipinski definition) is 2. The lowest BCUT2D eigenvalue weighted by atomic mass is 9.83. The Hall–Kier alpha value is -1.98. The van der Waals surface area contributed by atoms with Crippen LogP contribution in [-0.4, -0.2) is 28.1 Å². The van der Waals surface area contributed by atoms with E-state index in [0.29, 0.717) is 17.3 Å². The molecule has 6 nitrogen and oxygen atoms in total. The summed E-state index contributed by atoms with van der Waals surface area (Å²) in [4.78, 5) is 25.9. The fourth-order valence-corrected chi connectivity index (χ4v) is 3.07. The van der Waals surface area contributed by atoms with E-state index in [1.807, 2.05) is 0 Å². The van der Waals surface area contributed by atoms with Gasteiger partial charge in [-0.3, -0.25) is 0 Å². The minimum absolute atomic E-state index is 0.0123. The Balaban J connectivity index is 2.00. The van der Waals surface area contributed by atoms with Gasteiger partial charge in [-0.05, 0) is 31.7 Å². The number of carboxylic acids is 1. The van der Waals surface area contributed by atoms with E-state index in [-0.39, 0.29) is 17.8 Å². The number of nitrogens with one attached hydrogen (secondary N) is 3. The predicted octanol–water partition coefficient (Wildman–Crippen LogP) is 3.11. The average molecular weight is 293 g/mol. The second kappa shape index (κ2) is 6.65. The molecule has 2 amide bonds. The molecule has 4 N–H and O–H groups in total. The lowest BCUT2D eigenvalue weighted by Crippen LogP contribution is -2.44. The van der Waals surface area contributed by atoms with Gasteiger partial charge in [0, 0.05) is 11.7 Å². The van der Waals surface area contributed by atoms with Gasteiger partial charge in [-0.25, -0.2) is 9.59 Å². The van der Waals surface area contributed by atoms with Crippen LogP contribution in [0.15, 0.2) is 6.07 Å². The third kappa shape index (κ3) is 3.77. The Kier molecular flexibility index (Phi) is 4.88. The second-order valence-electron chi connectivity index (χ2n) is 5.70.